The molecule has 0 unspecified atom stereocenters. The van der Waals surface area contributed by atoms with Crippen molar-refractivity contribution in [2.24, 2.45) is 0 Å². The van der Waals surface area contributed by atoms with Crippen LogP contribution >= 0.6 is 12.2 Å². The SMILES string of the molecule is CCNC(=O)CC[C@H](NC(=S)N[C@@H](CCC(=O)O)C(=O)O)C(=O)O. The first-order chi connectivity index (χ1) is 11.2. The number of nitrogens with one attached hydrogen (secondary N) is 3. The zero-order chi connectivity index (χ0) is 18.7. The van der Waals surface area contributed by atoms with E-state index in [4.69, 9.17) is 27.5 Å². The molecule has 0 radical (unpaired) electrons. The maximum absolute atomic E-state index is 11.4. The van der Waals surface area contributed by atoms with Crippen molar-refractivity contribution in [1.82, 2.24) is 16.0 Å². The van der Waals surface area contributed by atoms with E-state index in [-0.39, 0.29) is 36.7 Å². The third kappa shape index (κ3) is 9.56. The van der Waals surface area contributed by atoms with Gasteiger partial charge in [-0.1, -0.05) is 0 Å². The van der Waals surface area contributed by atoms with Gasteiger partial charge in [-0.15, -0.1) is 0 Å². The van der Waals surface area contributed by atoms with Crippen molar-refractivity contribution in [3.05, 3.63) is 0 Å². The average molecular weight is 363 g/mol. The van der Waals surface area contributed by atoms with Crippen LogP contribution in [0.25, 0.3) is 0 Å². The molecule has 11 heteroatoms. The van der Waals surface area contributed by atoms with Crippen molar-refractivity contribution in [3.8, 4) is 0 Å². The van der Waals surface area contributed by atoms with Gasteiger partial charge in [0.25, 0.3) is 0 Å². The Balaban J connectivity index is 4.58. The van der Waals surface area contributed by atoms with E-state index in [1.807, 2.05) is 0 Å². The van der Waals surface area contributed by atoms with E-state index >= 15 is 0 Å². The van der Waals surface area contributed by atoms with Crippen molar-refractivity contribution in [2.75, 3.05) is 6.54 Å². The minimum Gasteiger partial charge on any atom is -0.481 e. The molecule has 0 fully saturated rings. The van der Waals surface area contributed by atoms with Crippen molar-refractivity contribution < 1.29 is 34.5 Å². The molecule has 136 valence electrons. The second-order valence-electron chi connectivity index (χ2n) is 4.82. The Morgan fingerprint density at radius 3 is 1.75 bits per heavy atom. The highest BCUT2D eigenvalue weighted by Crippen LogP contribution is 2.01. The first kappa shape index (κ1) is 21.6. The second-order valence-corrected chi connectivity index (χ2v) is 5.23. The lowest BCUT2D eigenvalue weighted by atomic mass is 10.1. The van der Waals surface area contributed by atoms with E-state index < -0.39 is 30.0 Å². The van der Waals surface area contributed by atoms with E-state index in [9.17, 15) is 19.2 Å². The Bertz CT molecular complexity index is 498. The molecule has 24 heavy (non-hydrogen) atoms. The van der Waals surface area contributed by atoms with Crippen LogP contribution in [0, 0.1) is 0 Å². The molecule has 2 atom stereocenters. The molecule has 1 amide bonds. The fraction of sp³-hybridized carbons (Fsp3) is 0.615. The highest BCUT2D eigenvalue weighted by atomic mass is 32.1. The molecule has 0 spiro atoms. The molecule has 6 N–H and O–H groups in total. The van der Waals surface area contributed by atoms with E-state index in [2.05, 4.69) is 16.0 Å². The van der Waals surface area contributed by atoms with Gasteiger partial charge in [0.05, 0.1) is 0 Å². The van der Waals surface area contributed by atoms with Gasteiger partial charge in [-0.25, -0.2) is 9.59 Å². The van der Waals surface area contributed by atoms with E-state index in [0.717, 1.165) is 0 Å². The van der Waals surface area contributed by atoms with Crippen LogP contribution in [0.15, 0.2) is 0 Å². The van der Waals surface area contributed by atoms with Gasteiger partial charge in [0.2, 0.25) is 5.91 Å². The van der Waals surface area contributed by atoms with E-state index in [0.29, 0.717) is 6.54 Å². The van der Waals surface area contributed by atoms with Crippen molar-refractivity contribution >= 4 is 41.1 Å². The lowest BCUT2D eigenvalue weighted by Gasteiger charge is -2.20. The third-order valence-electron chi connectivity index (χ3n) is 2.89. The minimum atomic E-state index is -1.31. The van der Waals surface area contributed by atoms with Crippen LogP contribution in [-0.4, -0.2) is 62.9 Å². The number of carboxylic acids is 3. The van der Waals surface area contributed by atoms with E-state index in [1.165, 1.54) is 0 Å². The highest BCUT2D eigenvalue weighted by molar-refractivity contribution is 7.80. The van der Waals surface area contributed by atoms with Gasteiger partial charge in [-0.05, 0) is 32.0 Å². The molecule has 0 saturated heterocycles. The van der Waals surface area contributed by atoms with Crippen LogP contribution < -0.4 is 16.0 Å². The molecule has 10 nitrogen and oxygen atoms in total. The average Bonchev–Trinajstić information content (AvgIpc) is 2.47. The number of thiocarbonyl (C=S) groups is 1. The maximum Gasteiger partial charge on any atom is 0.326 e. The summed E-state index contributed by atoms with van der Waals surface area (Å²) in [6.07, 6.45) is -0.688. The summed E-state index contributed by atoms with van der Waals surface area (Å²) >= 11 is 4.86. The molecule has 0 aliphatic heterocycles. The van der Waals surface area contributed by atoms with Crippen LogP contribution in [0.5, 0.6) is 0 Å². The van der Waals surface area contributed by atoms with Gasteiger partial charge in [0.1, 0.15) is 12.1 Å². The summed E-state index contributed by atoms with van der Waals surface area (Å²) < 4.78 is 0. The topological polar surface area (TPSA) is 165 Å². The molecule has 0 aromatic rings. The molecule has 0 aromatic heterocycles. The predicted octanol–water partition coefficient (Wildman–Crippen LogP) is -0.862. The second kappa shape index (κ2) is 11.2. The van der Waals surface area contributed by atoms with Gasteiger partial charge in [-0.2, -0.15) is 0 Å². The molecular weight excluding hydrogens is 342 g/mol. The molecule has 0 heterocycles. The zero-order valence-electron chi connectivity index (χ0n) is 13.1. The van der Waals surface area contributed by atoms with Crippen LogP contribution in [0.4, 0.5) is 0 Å². The summed E-state index contributed by atoms with van der Waals surface area (Å²) in [4.78, 5) is 44.1. The Morgan fingerprint density at radius 1 is 0.917 bits per heavy atom. The number of hydrogen-bond acceptors (Lipinski definition) is 5. The summed E-state index contributed by atoms with van der Waals surface area (Å²) in [5, 5.41) is 33.8. The van der Waals surface area contributed by atoms with Gasteiger partial charge in [-0.3, -0.25) is 9.59 Å². The number of rotatable bonds is 11. The Labute approximate surface area is 143 Å². The lowest BCUT2D eigenvalue weighted by molar-refractivity contribution is -0.141. The van der Waals surface area contributed by atoms with Crippen LogP contribution in [0.1, 0.15) is 32.6 Å². The molecule has 0 bridgehead atoms. The number of carbonyl (C=O) groups excluding carboxylic acids is 1. The van der Waals surface area contributed by atoms with Gasteiger partial charge >= 0.3 is 17.9 Å². The predicted molar refractivity (Wildman–Crippen MR) is 86.5 cm³/mol. The third-order valence-corrected chi connectivity index (χ3v) is 3.12. The van der Waals surface area contributed by atoms with E-state index in [1.54, 1.807) is 6.92 Å². The highest BCUT2D eigenvalue weighted by Gasteiger charge is 2.23. The van der Waals surface area contributed by atoms with Crippen LogP contribution in [0.2, 0.25) is 0 Å². The Kier molecular flexibility index (Phi) is 10.0. The normalized spacial score (nSPS) is 12.5. The Hall–Kier alpha value is -2.43. The number of hydrogen-bond donors (Lipinski definition) is 6. The molecule has 0 rings (SSSR count). The molecule has 0 aliphatic rings. The Morgan fingerprint density at radius 2 is 1.38 bits per heavy atom. The molecular formula is C13H21N3O7S. The van der Waals surface area contributed by atoms with Crippen molar-refractivity contribution in [1.29, 1.82) is 0 Å². The van der Waals surface area contributed by atoms with Gasteiger partial charge < -0.3 is 31.3 Å². The largest absolute Gasteiger partial charge is 0.481 e. The summed E-state index contributed by atoms with van der Waals surface area (Å²) in [5.41, 5.74) is 0. The summed E-state index contributed by atoms with van der Waals surface area (Å²) in [5.74, 6) is -4.03. The standard InChI is InChI=1S/C13H21N3O7S/c1-2-14-9(17)5-3-7(11(20)21)15-13(24)16-8(12(22)23)4-6-10(18)19/h7-8H,2-6H2,1H3,(H,14,17)(H,18,19)(H,20,21)(H,22,23)(H2,15,16,24)/t7-,8-/m0/s1. The monoisotopic (exact) mass is 363 g/mol. The van der Waals surface area contributed by atoms with Crippen LogP contribution in [0.3, 0.4) is 0 Å². The minimum absolute atomic E-state index is 0.0399. The fourth-order valence-corrected chi connectivity index (χ4v) is 1.99. The lowest BCUT2D eigenvalue weighted by Crippen LogP contribution is -2.51. The number of carbonyl (C=O) groups is 4. The van der Waals surface area contributed by atoms with Gasteiger partial charge in [0, 0.05) is 19.4 Å². The molecule has 0 aliphatic carbocycles. The smallest absolute Gasteiger partial charge is 0.326 e. The quantitative estimate of drug-likeness (QED) is 0.254. The van der Waals surface area contributed by atoms with Gasteiger partial charge in [0.15, 0.2) is 5.11 Å². The number of amides is 1. The van der Waals surface area contributed by atoms with Crippen molar-refractivity contribution in [3.63, 3.8) is 0 Å². The molecule has 0 aromatic carbocycles. The van der Waals surface area contributed by atoms with Crippen LogP contribution in [-0.2, 0) is 19.2 Å². The summed E-state index contributed by atoms with van der Waals surface area (Å²) in [6.45, 7) is 2.15. The zero-order valence-corrected chi connectivity index (χ0v) is 13.9. The molecule has 0 saturated carbocycles. The first-order valence-electron chi connectivity index (χ1n) is 7.18. The van der Waals surface area contributed by atoms with Crippen molar-refractivity contribution in [2.45, 2.75) is 44.7 Å². The first-order valence-corrected chi connectivity index (χ1v) is 7.59. The maximum atomic E-state index is 11.4. The summed E-state index contributed by atoms with van der Waals surface area (Å²) in [6, 6.07) is -2.44. The number of carboxylic acid groups (broad SMARTS) is 3. The summed E-state index contributed by atoms with van der Waals surface area (Å²) in [7, 11) is 0. The fourth-order valence-electron chi connectivity index (χ4n) is 1.70. The number of aliphatic carboxylic acids is 3.